The summed E-state index contributed by atoms with van der Waals surface area (Å²) >= 11 is 0. The third-order valence-corrected chi connectivity index (χ3v) is 3.39. The number of esters is 1. The standard InChI is InChI=1S/C14H16F3NO3/c1-2-6-18-7-9(8-18)10-4-3-5-11(19)12(10)21-13(20)14(15,16)17/h3-5,9,19H,2,6-8H2,1H3. The summed E-state index contributed by atoms with van der Waals surface area (Å²) in [5.41, 5.74) is 0.431. The fourth-order valence-corrected chi connectivity index (χ4v) is 2.39. The fraction of sp³-hybridized carbons (Fsp3) is 0.500. The third-order valence-electron chi connectivity index (χ3n) is 3.39. The molecule has 1 fully saturated rings. The molecule has 0 aliphatic carbocycles. The van der Waals surface area contributed by atoms with Gasteiger partial charge in [-0.05, 0) is 19.0 Å². The number of phenolic OH excluding ortho intramolecular Hbond substituents is 1. The first-order chi connectivity index (χ1) is 9.82. The van der Waals surface area contributed by atoms with E-state index in [9.17, 15) is 23.1 Å². The van der Waals surface area contributed by atoms with Crippen LogP contribution in [-0.4, -0.2) is 41.8 Å². The molecule has 116 valence electrons. The topological polar surface area (TPSA) is 49.8 Å². The Hall–Kier alpha value is -1.76. The maximum Gasteiger partial charge on any atom is 0.491 e. The number of rotatable bonds is 4. The van der Waals surface area contributed by atoms with Gasteiger partial charge >= 0.3 is 12.1 Å². The van der Waals surface area contributed by atoms with Gasteiger partial charge < -0.3 is 14.7 Å². The minimum Gasteiger partial charge on any atom is -0.504 e. The number of carbonyl (C=O) groups excluding carboxylic acids is 1. The number of hydrogen-bond acceptors (Lipinski definition) is 4. The average molecular weight is 303 g/mol. The van der Waals surface area contributed by atoms with E-state index >= 15 is 0 Å². The van der Waals surface area contributed by atoms with Gasteiger partial charge in [0, 0.05) is 24.6 Å². The minimum atomic E-state index is -5.09. The van der Waals surface area contributed by atoms with Gasteiger partial charge in [0.15, 0.2) is 11.5 Å². The van der Waals surface area contributed by atoms with Gasteiger partial charge in [0.05, 0.1) is 0 Å². The molecule has 1 N–H and O–H groups in total. The first-order valence-electron chi connectivity index (χ1n) is 6.66. The molecule has 1 aromatic rings. The third kappa shape index (κ3) is 3.47. The number of carbonyl (C=O) groups is 1. The Morgan fingerprint density at radius 1 is 1.43 bits per heavy atom. The van der Waals surface area contributed by atoms with Crippen LogP contribution in [0.2, 0.25) is 0 Å². The first kappa shape index (κ1) is 15.6. The number of phenols is 1. The molecular weight excluding hydrogens is 287 g/mol. The molecule has 0 radical (unpaired) electrons. The Bertz CT molecular complexity index is 525. The number of aromatic hydroxyl groups is 1. The summed E-state index contributed by atoms with van der Waals surface area (Å²) < 4.78 is 41.2. The summed E-state index contributed by atoms with van der Waals surface area (Å²) in [5.74, 6) is -3.21. The van der Waals surface area contributed by atoms with E-state index in [1.807, 2.05) is 6.92 Å². The monoisotopic (exact) mass is 303 g/mol. The second kappa shape index (κ2) is 5.93. The fourth-order valence-electron chi connectivity index (χ4n) is 2.39. The Morgan fingerprint density at radius 3 is 2.67 bits per heavy atom. The number of ether oxygens (including phenoxy) is 1. The lowest BCUT2D eigenvalue weighted by atomic mass is 9.90. The van der Waals surface area contributed by atoms with Crippen molar-refractivity contribution in [2.24, 2.45) is 0 Å². The molecule has 1 aliphatic heterocycles. The van der Waals surface area contributed by atoms with Gasteiger partial charge in [0.1, 0.15) is 0 Å². The zero-order valence-corrected chi connectivity index (χ0v) is 11.5. The lowest BCUT2D eigenvalue weighted by Gasteiger charge is -2.39. The van der Waals surface area contributed by atoms with Gasteiger partial charge in [-0.1, -0.05) is 19.1 Å². The van der Waals surface area contributed by atoms with E-state index in [4.69, 9.17) is 0 Å². The van der Waals surface area contributed by atoms with Gasteiger partial charge in [-0.25, -0.2) is 4.79 Å². The number of hydrogen-bond donors (Lipinski definition) is 1. The Labute approximate surface area is 120 Å². The molecule has 1 aliphatic rings. The van der Waals surface area contributed by atoms with Crippen LogP contribution in [0.1, 0.15) is 24.8 Å². The number of para-hydroxylation sites is 1. The highest BCUT2D eigenvalue weighted by Gasteiger charge is 2.42. The molecule has 4 nitrogen and oxygen atoms in total. The first-order valence-corrected chi connectivity index (χ1v) is 6.66. The van der Waals surface area contributed by atoms with Gasteiger partial charge in [-0.3, -0.25) is 0 Å². The molecule has 0 unspecified atom stereocenters. The molecule has 0 amide bonds. The molecule has 0 spiro atoms. The summed E-state index contributed by atoms with van der Waals surface area (Å²) in [7, 11) is 0. The van der Waals surface area contributed by atoms with E-state index in [0.29, 0.717) is 18.7 Å². The second-order valence-corrected chi connectivity index (χ2v) is 5.04. The van der Waals surface area contributed by atoms with E-state index in [1.165, 1.54) is 12.1 Å². The number of alkyl halides is 3. The molecule has 2 rings (SSSR count). The molecule has 1 aromatic carbocycles. The van der Waals surface area contributed by atoms with Crippen LogP contribution in [0.5, 0.6) is 11.5 Å². The van der Waals surface area contributed by atoms with E-state index in [2.05, 4.69) is 9.64 Å². The van der Waals surface area contributed by atoms with Crippen LogP contribution in [0.4, 0.5) is 13.2 Å². The minimum absolute atomic E-state index is 0.0420. The number of likely N-dealkylation sites (tertiary alicyclic amines) is 1. The predicted octanol–water partition coefficient (Wildman–Crippen LogP) is 2.67. The number of halogens is 3. The van der Waals surface area contributed by atoms with Crippen LogP contribution in [0.25, 0.3) is 0 Å². The van der Waals surface area contributed by atoms with Crippen molar-refractivity contribution < 1.29 is 27.8 Å². The Kier molecular flexibility index (Phi) is 4.41. The van der Waals surface area contributed by atoms with Crippen molar-refractivity contribution in [3.8, 4) is 11.5 Å². The highest BCUT2D eigenvalue weighted by atomic mass is 19.4. The van der Waals surface area contributed by atoms with Crippen molar-refractivity contribution in [1.82, 2.24) is 4.90 Å². The summed E-state index contributed by atoms with van der Waals surface area (Å²) in [5, 5.41) is 9.69. The summed E-state index contributed by atoms with van der Waals surface area (Å²) in [6.45, 7) is 4.30. The lowest BCUT2D eigenvalue weighted by Crippen LogP contribution is -2.45. The molecular formula is C14H16F3NO3. The number of benzene rings is 1. The van der Waals surface area contributed by atoms with Gasteiger partial charge in [-0.15, -0.1) is 0 Å². The molecule has 1 heterocycles. The van der Waals surface area contributed by atoms with Crippen molar-refractivity contribution in [1.29, 1.82) is 0 Å². The predicted molar refractivity (Wildman–Crippen MR) is 69.3 cm³/mol. The molecule has 1 saturated heterocycles. The zero-order valence-electron chi connectivity index (χ0n) is 11.5. The van der Waals surface area contributed by atoms with E-state index < -0.39 is 17.9 Å². The molecule has 0 bridgehead atoms. The maximum atomic E-state index is 12.3. The van der Waals surface area contributed by atoms with Gasteiger partial charge in [0.2, 0.25) is 0 Å². The highest BCUT2D eigenvalue weighted by Crippen LogP contribution is 2.39. The Balaban J connectivity index is 2.16. The van der Waals surface area contributed by atoms with Crippen LogP contribution in [0.15, 0.2) is 18.2 Å². The van der Waals surface area contributed by atoms with E-state index in [0.717, 1.165) is 13.0 Å². The van der Waals surface area contributed by atoms with Gasteiger partial charge in [-0.2, -0.15) is 13.2 Å². The zero-order chi connectivity index (χ0) is 15.6. The average Bonchev–Trinajstić information content (AvgIpc) is 2.35. The van der Waals surface area contributed by atoms with E-state index in [1.54, 1.807) is 6.07 Å². The van der Waals surface area contributed by atoms with Crippen LogP contribution >= 0.6 is 0 Å². The molecule has 0 aromatic heterocycles. The van der Waals surface area contributed by atoms with Crippen molar-refractivity contribution in [2.75, 3.05) is 19.6 Å². The molecule has 0 atom stereocenters. The molecule has 7 heteroatoms. The van der Waals surface area contributed by atoms with Crippen molar-refractivity contribution in [2.45, 2.75) is 25.4 Å². The van der Waals surface area contributed by atoms with Crippen LogP contribution in [0.3, 0.4) is 0 Å². The highest BCUT2D eigenvalue weighted by molar-refractivity contribution is 5.79. The maximum absolute atomic E-state index is 12.3. The van der Waals surface area contributed by atoms with Crippen LogP contribution < -0.4 is 4.74 Å². The SMILES string of the molecule is CCCN1CC(c2cccc(O)c2OC(=O)C(F)(F)F)C1. The summed E-state index contributed by atoms with van der Waals surface area (Å²) in [6.07, 6.45) is -4.10. The Morgan fingerprint density at radius 2 is 2.10 bits per heavy atom. The molecule has 21 heavy (non-hydrogen) atoms. The number of nitrogens with zero attached hydrogens (tertiary/aromatic N) is 1. The van der Waals surface area contributed by atoms with Gasteiger partial charge in [0.25, 0.3) is 0 Å². The normalized spacial score (nSPS) is 16.6. The summed E-state index contributed by atoms with van der Waals surface area (Å²) in [6, 6.07) is 4.30. The quantitative estimate of drug-likeness (QED) is 0.686. The smallest absolute Gasteiger partial charge is 0.491 e. The van der Waals surface area contributed by atoms with Crippen LogP contribution in [0, 0.1) is 0 Å². The van der Waals surface area contributed by atoms with Crippen molar-refractivity contribution >= 4 is 5.97 Å². The lowest BCUT2D eigenvalue weighted by molar-refractivity contribution is -0.189. The second-order valence-electron chi connectivity index (χ2n) is 5.04. The largest absolute Gasteiger partial charge is 0.504 e. The van der Waals surface area contributed by atoms with Crippen molar-refractivity contribution in [3.63, 3.8) is 0 Å². The van der Waals surface area contributed by atoms with E-state index in [-0.39, 0.29) is 11.7 Å². The molecule has 0 saturated carbocycles. The van der Waals surface area contributed by atoms with Crippen molar-refractivity contribution in [3.05, 3.63) is 23.8 Å². The van der Waals surface area contributed by atoms with Crippen LogP contribution in [-0.2, 0) is 4.79 Å². The summed E-state index contributed by atoms with van der Waals surface area (Å²) in [4.78, 5) is 13.1.